The second-order valence-electron chi connectivity index (χ2n) is 3.98. The van der Waals surface area contributed by atoms with Crippen LogP contribution < -0.4 is 5.32 Å². The zero-order valence-corrected chi connectivity index (χ0v) is 12.2. The summed E-state index contributed by atoms with van der Waals surface area (Å²) in [6.45, 7) is 3.32. The number of thioether (sulfide) groups is 2. The summed E-state index contributed by atoms with van der Waals surface area (Å²) < 4.78 is 0. The molecule has 0 aromatic heterocycles. The third-order valence-electron chi connectivity index (χ3n) is 2.63. The Morgan fingerprint density at radius 1 is 1.44 bits per heavy atom. The monoisotopic (exact) mass is 292 g/mol. The van der Waals surface area contributed by atoms with Crippen LogP contribution in [0.4, 0.5) is 4.79 Å². The lowest BCUT2D eigenvalue weighted by molar-refractivity contribution is -0.137. The molecule has 0 aliphatic carbocycles. The summed E-state index contributed by atoms with van der Waals surface area (Å²) in [6, 6.07) is -0.157. The van der Waals surface area contributed by atoms with Crippen LogP contribution >= 0.6 is 23.5 Å². The Morgan fingerprint density at radius 2 is 2.22 bits per heavy atom. The molecule has 1 fully saturated rings. The van der Waals surface area contributed by atoms with E-state index in [1.165, 1.54) is 10.7 Å². The number of urea groups is 1. The number of carbonyl (C=O) groups is 2. The summed E-state index contributed by atoms with van der Waals surface area (Å²) in [5, 5.41) is 12.0. The first kappa shape index (κ1) is 15.5. The SMILES string of the molecule is CCN(CCC(=O)O)C(=O)NCC1CSCCS1. The van der Waals surface area contributed by atoms with Crippen LogP contribution in [0.5, 0.6) is 0 Å². The number of carboxylic acid groups (broad SMARTS) is 1. The lowest BCUT2D eigenvalue weighted by Crippen LogP contribution is -2.43. The van der Waals surface area contributed by atoms with Gasteiger partial charge in [-0.05, 0) is 6.92 Å². The maximum Gasteiger partial charge on any atom is 0.317 e. The van der Waals surface area contributed by atoms with Crippen molar-refractivity contribution >= 4 is 35.5 Å². The molecule has 0 aromatic rings. The van der Waals surface area contributed by atoms with Crippen LogP contribution in [0.15, 0.2) is 0 Å². The number of aliphatic carboxylic acids is 1. The first-order valence-corrected chi connectivity index (χ1v) is 8.27. The van der Waals surface area contributed by atoms with Crippen LogP contribution in [-0.2, 0) is 4.79 Å². The average Bonchev–Trinajstić information content (AvgIpc) is 2.38. The van der Waals surface area contributed by atoms with E-state index in [4.69, 9.17) is 5.11 Å². The van der Waals surface area contributed by atoms with Gasteiger partial charge < -0.3 is 15.3 Å². The maximum absolute atomic E-state index is 11.8. The highest BCUT2D eigenvalue weighted by Gasteiger charge is 2.17. The Morgan fingerprint density at radius 3 is 2.78 bits per heavy atom. The number of hydrogen-bond donors (Lipinski definition) is 2. The van der Waals surface area contributed by atoms with E-state index in [9.17, 15) is 9.59 Å². The predicted octanol–water partition coefficient (Wildman–Crippen LogP) is 1.34. The van der Waals surface area contributed by atoms with Crippen LogP contribution in [-0.4, -0.2) is 64.1 Å². The van der Waals surface area contributed by atoms with Gasteiger partial charge in [-0.25, -0.2) is 4.79 Å². The number of carboxylic acids is 1. The van der Waals surface area contributed by atoms with E-state index in [0.29, 0.717) is 18.3 Å². The molecule has 2 amide bonds. The van der Waals surface area contributed by atoms with Crippen LogP contribution in [0.1, 0.15) is 13.3 Å². The van der Waals surface area contributed by atoms with Crippen molar-refractivity contribution in [3.8, 4) is 0 Å². The fourth-order valence-corrected chi connectivity index (χ4v) is 4.21. The molecule has 0 spiro atoms. The Labute approximate surface area is 116 Å². The van der Waals surface area contributed by atoms with Gasteiger partial charge in [0, 0.05) is 42.1 Å². The summed E-state index contributed by atoms with van der Waals surface area (Å²) in [4.78, 5) is 23.9. The fourth-order valence-electron chi connectivity index (χ4n) is 1.60. The van der Waals surface area contributed by atoms with Gasteiger partial charge in [-0.1, -0.05) is 0 Å². The molecule has 1 rings (SSSR count). The highest BCUT2D eigenvalue weighted by Crippen LogP contribution is 2.23. The molecule has 0 bridgehead atoms. The predicted molar refractivity (Wildman–Crippen MR) is 76.5 cm³/mol. The summed E-state index contributed by atoms with van der Waals surface area (Å²) in [7, 11) is 0. The smallest absolute Gasteiger partial charge is 0.317 e. The Hall–Kier alpha value is -0.560. The van der Waals surface area contributed by atoms with Crippen LogP contribution in [0, 0.1) is 0 Å². The molecule has 0 radical (unpaired) electrons. The van der Waals surface area contributed by atoms with E-state index in [1.807, 2.05) is 30.4 Å². The molecular weight excluding hydrogens is 272 g/mol. The molecule has 18 heavy (non-hydrogen) atoms. The summed E-state index contributed by atoms with van der Waals surface area (Å²) in [6.07, 6.45) is -0.00467. The number of hydrogen-bond acceptors (Lipinski definition) is 4. The van der Waals surface area contributed by atoms with Crippen molar-refractivity contribution in [3.63, 3.8) is 0 Å². The molecule has 1 heterocycles. The number of nitrogens with one attached hydrogen (secondary N) is 1. The van der Waals surface area contributed by atoms with Crippen molar-refractivity contribution in [1.29, 1.82) is 0 Å². The number of nitrogens with zero attached hydrogens (tertiary/aromatic N) is 1. The van der Waals surface area contributed by atoms with Crippen molar-refractivity contribution in [2.75, 3.05) is 36.9 Å². The molecular formula is C11H20N2O3S2. The molecule has 5 nitrogen and oxygen atoms in total. The zero-order valence-electron chi connectivity index (χ0n) is 10.6. The van der Waals surface area contributed by atoms with E-state index in [0.717, 1.165) is 11.5 Å². The molecule has 0 saturated carbocycles. The third kappa shape index (κ3) is 5.86. The second-order valence-corrected chi connectivity index (χ2v) is 6.54. The van der Waals surface area contributed by atoms with Gasteiger partial charge in [0.1, 0.15) is 0 Å². The van der Waals surface area contributed by atoms with Crippen molar-refractivity contribution < 1.29 is 14.7 Å². The van der Waals surface area contributed by atoms with Gasteiger partial charge in [-0.15, -0.1) is 0 Å². The van der Waals surface area contributed by atoms with Crippen molar-refractivity contribution in [3.05, 3.63) is 0 Å². The molecule has 1 saturated heterocycles. The van der Waals surface area contributed by atoms with Crippen LogP contribution in [0.3, 0.4) is 0 Å². The summed E-state index contributed by atoms with van der Waals surface area (Å²) >= 11 is 3.81. The first-order chi connectivity index (χ1) is 8.63. The molecule has 1 aliphatic rings. The highest BCUT2D eigenvalue weighted by molar-refractivity contribution is 8.06. The van der Waals surface area contributed by atoms with E-state index < -0.39 is 5.97 Å². The van der Waals surface area contributed by atoms with Gasteiger partial charge in [0.05, 0.1) is 6.42 Å². The molecule has 104 valence electrons. The molecule has 1 unspecified atom stereocenters. The molecule has 2 N–H and O–H groups in total. The lowest BCUT2D eigenvalue weighted by Gasteiger charge is -2.24. The van der Waals surface area contributed by atoms with E-state index in [-0.39, 0.29) is 19.0 Å². The van der Waals surface area contributed by atoms with E-state index in [2.05, 4.69) is 5.32 Å². The second kappa shape index (κ2) is 8.53. The van der Waals surface area contributed by atoms with Crippen LogP contribution in [0.2, 0.25) is 0 Å². The van der Waals surface area contributed by atoms with E-state index >= 15 is 0 Å². The number of carbonyl (C=O) groups excluding carboxylic acids is 1. The third-order valence-corrected chi connectivity index (χ3v) is 5.48. The minimum atomic E-state index is -0.875. The zero-order chi connectivity index (χ0) is 13.4. The van der Waals surface area contributed by atoms with Gasteiger partial charge in [0.25, 0.3) is 0 Å². The minimum absolute atomic E-state index is 0.00467. The molecule has 0 aromatic carbocycles. The van der Waals surface area contributed by atoms with Crippen molar-refractivity contribution in [1.82, 2.24) is 10.2 Å². The quantitative estimate of drug-likeness (QED) is 0.773. The Balaban J connectivity index is 2.25. The van der Waals surface area contributed by atoms with Crippen molar-refractivity contribution in [2.24, 2.45) is 0 Å². The molecule has 1 atom stereocenters. The van der Waals surface area contributed by atoms with Gasteiger partial charge in [0.15, 0.2) is 0 Å². The average molecular weight is 292 g/mol. The number of rotatable bonds is 6. The van der Waals surface area contributed by atoms with Gasteiger partial charge in [-0.3, -0.25) is 4.79 Å². The number of amides is 2. The Kier molecular flexibility index (Phi) is 7.34. The lowest BCUT2D eigenvalue weighted by atomic mass is 10.4. The maximum atomic E-state index is 11.8. The van der Waals surface area contributed by atoms with Crippen molar-refractivity contribution in [2.45, 2.75) is 18.6 Å². The first-order valence-electron chi connectivity index (χ1n) is 6.07. The largest absolute Gasteiger partial charge is 0.481 e. The summed E-state index contributed by atoms with van der Waals surface area (Å²) in [5.74, 6) is 2.53. The van der Waals surface area contributed by atoms with E-state index in [1.54, 1.807) is 0 Å². The normalized spacial score (nSPS) is 19.3. The fraction of sp³-hybridized carbons (Fsp3) is 0.818. The topological polar surface area (TPSA) is 69.6 Å². The molecule has 7 heteroatoms. The van der Waals surface area contributed by atoms with Gasteiger partial charge >= 0.3 is 12.0 Å². The standard InChI is InChI=1S/C11H20N2O3S2/c1-2-13(4-3-10(14)15)11(16)12-7-9-8-17-5-6-18-9/h9H,2-8H2,1H3,(H,12,16)(H,14,15). The van der Waals surface area contributed by atoms with Gasteiger partial charge in [0.2, 0.25) is 0 Å². The summed E-state index contributed by atoms with van der Waals surface area (Å²) in [5.41, 5.74) is 0. The van der Waals surface area contributed by atoms with Crippen LogP contribution in [0.25, 0.3) is 0 Å². The van der Waals surface area contributed by atoms with Gasteiger partial charge in [-0.2, -0.15) is 23.5 Å². The molecule has 1 aliphatic heterocycles. The highest BCUT2D eigenvalue weighted by atomic mass is 32.2. The Bertz CT molecular complexity index is 283. The minimum Gasteiger partial charge on any atom is -0.481 e.